The summed E-state index contributed by atoms with van der Waals surface area (Å²) < 4.78 is 12.9. The number of fused-ring (bicyclic) bond motifs is 1. The first kappa shape index (κ1) is 15.5. The van der Waals surface area contributed by atoms with Gasteiger partial charge in [-0.1, -0.05) is 13.8 Å². The lowest BCUT2D eigenvalue weighted by Crippen LogP contribution is -2.44. The molecule has 3 N–H and O–H groups in total. The number of nitrogens with one attached hydrogen (secondary N) is 1. The molecular weight excluding hydrogens is 274 g/mol. The van der Waals surface area contributed by atoms with Gasteiger partial charge < -0.3 is 15.2 Å². The molecule has 21 heavy (non-hydrogen) atoms. The smallest absolute Gasteiger partial charge is 0.280 e. The van der Waals surface area contributed by atoms with Gasteiger partial charge in [0.2, 0.25) is 5.95 Å². The van der Waals surface area contributed by atoms with Gasteiger partial charge in [0.25, 0.3) is 5.56 Å². The molecule has 0 bridgehead atoms. The van der Waals surface area contributed by atoms with Crippen molar-refractivity contribution in [1.82, 2.24) is 19.5 Å². The topological polar surface area (TPSA) is 108 Å². The first-order valence-corrected chi connectivity index (χ1v) is 6.65. The van der Waals surface area contributed by atoms with Crippen LogP contribution < -0.4 is 11.3 Å². The minimum atomic E-state index is -0.624. The molecule has 0 aliphatic heterocycles. The van der Waals surface area contributed by atoms with Gasteiger partial charge in [0.05, 0.1) is 6.33 Å². The van der Waals surface area contributed by atoms with Gasteiger partial charge in [-0.3, -0.25) is 14.3 Å². The standard InChI is InChI=1S/C13H21N5O3/c1-7(2)13(3,21-5)11(20-4)18-6-15-8-9(18)16-12(14)17-10(8)19/h6-7,11H,1-5H3,(H3,14,16,17,19). The van der Waals surface area contributed by atoms with E-state index >= 15 is 0 Å². The van der Waals surface area contributed by atoms with E-state index in [9.17, 15) is 4.79 Å². The highest BCUT2D eigenvalue weighted by molar-refractivity contribution is 5.70. The van der Waals surface area contributed by atoms with Crippen LogP contribution in [0.15, 0.2) is 11.1 Å². The lowest BCUT2D eigenvalue weighted by atomic mass is 9.90. The van der Waals surface area contributed by atoms with Crippen LogP contribution in [0.1, 0.15) is 27.0 Å². The second-order valence-electron chi connectivity index (χ2n) is 5.41. The molecule has 2 unspecified atom stereocenters. The van der Waals surface area contributed by atoms with Crippen LogP contribution >= 0.6 is 0 Å². The minimum absolute atomic E-state index is 0.0350. The second kappa shape index (κ2) is 5.45. The Balaban J connectivity index is 2.66. The molecule has 0 aliphatic rings. The summed E-state index contributed by atoms with van der Waals surface area (Å²) in [6.07, 6.45) is 1.02. The molecule has 2 rings (SSSR count). The van der Waals surface area contributed by atoms with E-state index in [0.717, 1.165) is 0 Å². The van der Waals surface area contributed by atoms with Crippen molar-refractivity contribution < 1.29 is 9.47 Å². The molecule has 0 saturated heterocycles. The quantitative estimate of drug-likeness (QED) is 0.848. The molecule has 116 valence electrons. The molecule has 0 spiro atoms. The average molecular weight is 295 g/mol. The highest BCUT2D eigenvalue weighted by Crippen LogP contribution is 2.35. The summed E-state index contributed by atoms with van der Waals surface area (Å²) in [6, 6.07) is 0. The van der Waals surface area contributed by atoms with E-state index in [1.54, 1.807) is 18.8 Å². The van der Waals surface area contributed by atoms with Crippen LogP contribution in [-0.2, 0) is 9.47 Å². The van der Waals surface area contributed by atoms with E-state index in [1.165, 1.54) is 6.33 Å². The van der Waals surface area contributed by atoms with Gasteiger partial charge in [0, 0.05) is 14.2 Å². The number of nitrogens with two attached hydrogens (primary N) is 1. The fourth-order valence-electron chi connectivity index (χ4n) is 2.36. The minimum Gasteiger partial charge on any atom is -0.374 e. The summed E-state index contributed by atoms with van der Waals surface area (Å²) >= 11 is 0. The molecule has 2 aromatic heterocycles. The van der Waals surface area contributed by atoms with Gasteiger partial charge in [-0.05, 0) is 12.8 Å². The molecule has 8 heteroatoms. The fraction of sp³-hybridized carbons (Fsp3) is 0.615. The van der Waals surface area contributed by atoms with Crippen LogP contribution in [-0.4, -0.2) is 39.3 Å². The van der Waals surface area contributed by atoms with Crippen molar-refractivity contribution >= 4 is 17.1 Å². The number of ether oxygens (including phenoxy) is 2. The Morgan fingerprint density at radius 2 is 2.10 bits per heavy atom. The van der Waals surface area contributed by atoms with Crippen molar-refractivity contribution in [3.63, 3.8) is 0 Å². The summed E-state index contributed by atoms with van der Waals surface area (Å²) in [6.45, 7) is 6.00. The Hall–Kier alpha value is -1.93. The summed E-state index contributed by atoms with van der Waals surface area (Å²) in [7, 11) is 3.20. The molecule has 0 amide bonds. The summed E-state index contributed by atoms with van der Waals surface area (Å²) in [5.41, 5.74) is 5.20. The van der Waals surface area contributed by atoms with Crippen molar-refractivity contribution in [2.24, 2.45) is 5.92 Å². The summed E-state index contributed by atoms with van der Waals surface area (Å²) in [5, 5.41) is 0. The van der Waals surface area contributed by atoms with Crippen LogP contribution in [0, 0.1) is 5.92 Å². The van der Waals surface area contributed by atoms with Gasteiger partial charge in [-0.25, -0.2) is 4.98 Å². The number of imidazole rings is 1. The highest BCUT2D eigenvalue weighted by Gasteiger charge is 2.40. The predicted molar refractivity (Wildman–Crippen MR) is 78.9 cm³/mol. The van der Waals surface area contributed by atoms with E-state index in [0.29, 0.717) is 5.65 Å². The maximum Gasteiger partial charge on any atom is 0.280 e. The van der Waals surface area contributed by atoms with Crippen LogP contribution in [0.3, 0.4) is 0 Å². The molecule has 0 radical (unpaired) electrons. The van der Waals surface area contributed by atoms with Crippen molar-refractivity contribution in [2.45, 2.75) is 32.6 Å². The maximum absolute atomic E-state index is 11.9. The largest absolute Gasteiger partial charge is 0.374 e. The van der Waals surface area contributed by atoms with E-state index < -0.39 is 11.8 Å². The fourth-order valence-corrected chi connectivity index (χ4v) is 2.36. The molecule has 8 nitrogen and oxygen atoms in total. The third-order valence-corrected chi connectivity index (χ3v) is 4.00. The number of nitrogen functional groups attached to an aromatic ring is 1. The normalized spacial score (nSPS) is 16.3. The van der Waals surface area contributed by atoms with Gasteiger partial charge in [0.15, 0.2) is 17.4 Å². The Bertz CT molecular complexity index is 693. The zero-order valence-corrected chi connectivity index (χ0v) is 12.9. The van der Waals surface area contributed by atoms with Gasteiger partial charge >= 0.3 is 0 Å². The molecule has 0 aromatic carbocycles. The molecule has 0 fully saturated rings. The molecule has 0 aliphatic carbocycles. The number of H-pyrrole nitrogens is 1. The monoisotopic (exact) mass is 295 g/mol. The first-order valence-electron chi connectivity index (χ1n) is 6.65. The van der Waals surface area contributed by atoms with Crippen molar-refractivity contribution in [1.29, 1.82) is 0 Å². The number of rotatable bonds is 5. The van der Waals surface area contributed by atoms with E-state index in [4.69, 9.17) is 15.2 Å². The third kappa shape index (κ3) is 2.40. The number of hydrogen-bond donors (Lipinski definition) is 2. The number of hydrogen-bond acceptors (Lipinski definition) is 6. The molecule has 2 atom stereocenters. The van der Waals surface area contributed by atoms with E-state index in [-0.39, 0.29) is 22.9 Å². The number of aromatic amines is 1. The van der Waals surface area contributed by atoms with Crippen LogP contribution in [0.2, 0.25) is 0 Å². The number of nitrogens with zero attached hydrogens (tertiary/aromatic N) is 3. The van der Waals surface area contributed by atoms with Crippen molar-refractivity contribution in [3.8, 4) is 0 Å². The maximum atomic E-state index is 11.9. The third-order valence-electron chi connectivity index (χ3n) is 4.00. The first-order chi connectivity index (χ1) is 9.85. The Kier molecular flexibility index (Phi) is 4.02. The van der Waals surface area contributed by atoms with E-state index in [2.05, 4.69) is 15.0 Å². The van der Waals surface area contributed by atoms with Crippen molar-refractivity contribution in [2.75, 3.05) is 20.0 Å². The van der Waals surface area contributed by atoms with Gasteiger partial charge in [-0.2, -0.15) is 4.98 Å². The average Bonchev–Trinajstić information content (AvgIpc) is 2.83. The Morgan fingerprint density at radius 1 is 1.43 bits per heavy atom. The molecular formula is C13H21N5O3. The van der Waals surface area contributed by atoms with Crippen LogP contribution in [0.5, 0.6) is 0 Å². The molecule has 2 heterocycles. The van der Waals surface area contributed by atoms with Gasteiger partial charge in [0.1, 0.15) is 5.60 Å². The van der Waals surface area contributed by atoms with Crippen molar-refractivity contribution in [3.05, 3.63) is 16.7 Å². The zero-order valence-electron chi connectivity index (χ0n) is 12.9. The lowest BCUT2D eigenvalue weighted by molar-refractivity contribution is -0.163. The second-order valence-corrected chi connectivity index (χ2v) is 5.41. The zero-order chi connectivity index (χ0) is 15.8. The Morgan fingerprint density at radius 3 is 2.62 bits per heavy atom. The van der Waals surface area contributed by atoms with E-state index in [1.807, 2.05) is 20.8 Å². The Labute approximate surface area is 122 Å². The highest BCUT2D eigenvalue weighted by atomic mass is 16.5. The number of anilines is 1. The molecule has 0 saturated carbocycles. The SMILES string of the molecule is COC(n1cnc2c(=O)[nH]c(N)nc21)C(C)(OC)C(C)C. The number of methoxy groups -OCH3 is 2. The van der Waals surface area contributed by atoms with Crippen LogP contribution in [0.25, 0.3) is 11.2 Å². The van der Waals surface area contributed by atoms with Gasteiger partial charge in [-0.15, -0.1) is 0 Å². The number of aromatic nitrogens is 4. The summed E-state index contributed by atoms with van der Waals surface area (Å²) in [4.78, 5) is 22.5. The molecule has 2 aromatic rings. The summed E-state index contributed by atoms with van der Waals surface area (Å²) in [5.74, 6) is 0.192. The predicted octanol–water partition coefficient (Wildman–Crippen LogP) is 0.908. The van der Waals surface area contributed by atoms with Crippen LogP contribution in [0.4, 0.5) is 5.95 Å². The lowest BCUT2D eigenvalue weighted by Gasteiger charge is -2.39.